The highest BCUT2D eigenvalue weighted by Crippen LogP contribution is 2.33. The fourth-order valence-corrected chi connectivity index (χ4v) is 3.79. The summed E-state index contributed by atoms with van der Waals surface area (Å²) < 4.78 is 1.89. The molecule has 0 aromatic carbocycles. The average molecular weight is 327 g/mol. The van der Waals surface area contributed by atoms with Gasteiger partial charge in [-0.3, -0.25) is 0 Å². The van der Waals surface area contributed by atoms with Crippen LogP contribution in [0, 0.1) is 5.92 Å². The molecular weight excluding hydrogens is 306 g/mol. The largest absolute Gasteiger partial charge is 0.351 e. The van der Waals surface area contributed by atoms with Crippen LogP contribution in [0.4, 0.5) is 5.82 Å². The van der Waals surface area contributed by atoms with Crippen LogP contribution in [0.1, 0.15) is 19.0 Å². The van der Waals surface area contributed by atoms with Crippen LogP contribution in [0.25, 0.3) is 11.0 Å². The highest BCUT2D eigenvalue weighted by Gasteiger charge is 2.26. The van der Waals surface area contributed by atoms with Crippen molar-refractivity contribution in [2.24, 2.45) is 13.0 Å². The second-order valence-electron chi connectivity index (χ2n) is 6.33. The first-order valence-corrected chi connectivity index (χ1v) is 9.28. The lowest BCUT2D eigenvalue weighted by Crippen LogP contribution is -2.32. The van der Waals surface area contributed by atoms with Gasteiger partial charge in [0, 0.05) is 26.6 Å². The number of hydrogen-bond acceptors (Lipinski definition) is 5. The van der Waals surface area contributed by atoms with Crippen molar-refractivity contribution in [1.82, 2.24) is 19.7 Å². The van der Waals surface area contributed by atoms with Crippen LogP contribution in [0.15, 0.2) is 29.0 Å². The van der Waals surface area contributed by atoms with Crippen molar-refractivity contribution in [2.75, 3.05) is 24.2 Å². The number of thioether (sulfide) groups is 1. The van der Waals surface area contributed by atoms with Crippen LogP contribution >= 0.6 is 11.8 Å². The van der Waals surface area contributed by atoms with E-state index in [1.807, 2.05) is 18.0 Å². The Labute approximate surface area is 140 Å². The summed E-state index contributed by atoms with van der Waals surface area (Å²) in [5.41, 5.74) is 3.46. The number of anilines is 1. The Kier molecular flexibility index (Phi) is 3.64. The highest BCUT2D eigenvalue weighted by molar-refractivity contribution is 7.98. The molecule has 0 bridgehead atoms. The van der Waals surface area contributed by atoms with E-state index in [0.717, 1.165) is 53.6 Å². The molecule has 120 valence electrons. The second-order valence-corrected chi connectivity index (χ2v) is 7.10. The van der Waals surface area contributed by atoms with E-state index in [9.17, 15) is 0 Å². The minimum Gasteiger partial charge on any atom is -0.351 e. The summed E-state index contributed by atoms with van der Waals surface area (Å²) in [4.78, 5) is 11.8. The van der Waals surface area contributed by atoms with E-state index in [1.54, 1.807) is 11.8 Å². The molecule has 2 aromatic heterocycles. The van der Waals surface area contributed by atoms with Crippen LogP contribution < -0.4 is 4.90 Å². The smallest absolute Gasteiger partial charge is 0.191 e. The Morgan fingerprint density at radius 2 is 2.22 bits per heavy atom. The highest BCUT2D eigenvalue weighted by atomic mass is 32.2. The second kappa shape index (κ2) is 5.67. The van der Waals surface area contributed by atoms with Gasteiger partial charge in [0.2, 0.25) is 0 Å². The minimum atomic E-state index is 0.626. The van der Waals surface area contributed by atoms with Crippen molar-refractivity contribution < 1.29 is 0 Å². The molecule has 2 aliphatic rings. The van der Waals surface area contributed by atoms with E-state index in [0.29, 0.717) is 5.92 Å². The third kappa shape index (κ3) is 2.55. The Balaban J connectivity index is 1.77. The normalized spacial score (nSPS) is 20.2. The monoisotopic (exact) mass is 327 g/mol. The van der Waals surface area contributed by atoms with Gasteiger partial charge < -0.3 is 4.90 Å². The fourth-order valence-electron chi connectivity index (χ4n) is 3.43. The first kappa shape index (κ1) is 14.8. The molecule has 0 amide bonds. The van der Waals surface area contributed by atoms with Gasteiger partial charge in [0.05, 0.1) is 11.1 Å². The van der Waals surface area contributed by atoms with Gasteiger partial charge in [-0.1, -0.05) is 36.9 Å². The maximum absolute atomic E-state index is 4.80. The molecule has 3 heterocycles. The van der Waals surface area contributed by atoms with Gasteiger partial charge in [-0.25, -0.2) is 14.6 Å². The van der Waals surface area contributed by atoms with Crippen molar-refractivity contribution in [3.8, 4) is 0 Å². The number of allylic oxidation sites excluding steroid dienone is 2. The lowest BCUT2D eigenvalue weighted by Gasteiger charge is -2.29. The van der Waals surface area contributed by atoms with Gasteiger partial charge in [-0.2, -0.15) is 5.10 Å². The predicted molar refractivity (Wildman–Crippen MR) is 95.0 cm³/mol. The summed E-state index contributed by atoms with van der Waals surface area (Å²) in [5.74, 6) is 1.67. The van der Waals surface area contributed by atoms with Gasteiger partial charge in [-0.15, -0.1) is 0 Å². The summed E-state index contributed by atoms with van der Waals surface area (Å²) >= 11 is 1.59. The molecule has 6 heteroatoms. The van der Waals surface area contributed by atoms with Crippen LogP contribution in [0.5, 0.6) is 0 Å². The third-order valence-corrected chi connectivity index (χ3v) is 5.08. The summed E-state index contributed by atoms with van der Waals surface area (Å²) in [6.45, 7) is 4.15. The van der Waals surface area contributed by atoms with Gasteiger partial charge in [0.15, 0.2) is 10.8 Å². The lowest BCUT2D eigenvalue weighted by molar-refractivity contribution is 0.710. The van der Waals surface area contributed by atoms with Crippen molar-refractivity contribution >= 4 is 28.6 Å². The fraction of sp³-hybridized carbons (Fsp3) is 0.471. The molecule has 0 spiro atoms. The molecule has 1 unspecified atom stereocenters. The minimum absolute atomic E-state index is 0.626. The molecule has 2 aromatic rings. The molecule has 0 N–H and O–H groups in total. The summed E-state index contributed by atoms with van der Waals surface area (Å²) in [6.07, 6.45) is 11.0. The Morgan fingerprint density at radius 1 is 1.35 bits per heavy atom. The molecule has 0 saturated carbocycles. The van der Waals surface area contributed by atoms with Gasteiger partial charge >= 0.3 is 0 Å². The molecule has 1 aliphatic heterocycles. The van der Waals surface area contributed by atoms with Crippen molar-refractivity contribution in [1.29, 1.82) is 0 Å². The van der Waals surface area contributed by atoms with Crippen molar-refractivity contribution in [2.45, 2.75) is 24.9 Å². The maximum Gasteiger partial charge on any atom is 0.191 e. The molecular formula is C17H21N5S. The maximum atomic E-state index is 4.80. The quantitative estimate of drug-likeness (QED) is 0.641. The van der Waals surface area contributed by atoms with E-state index in [1.165, 1.54) is 5.57 Å². The van der Waals surface area contributed by atoms with E-state index >= 15 is 0 Å². The zero-order valence-corrected chi connectivity index (χ0v) is 14.6. The molecule has 23 heavy (non-hydrogen) atoms. The number of nitrogens with zero attached hydrogens (tertiary/aromatic N) is 5. The topological polar surface area (TPSA) is 46.8 Å². The summed E-state index contributed by atoms with van der Waals surface area (Å²) in [5, 5.41) is 6.58. The van der Waals surface area contributed by atoms with Gasteiger partial charge in [-0.05, 0) is 24.2 Å². The summed E-state index contributed by atoms with van der Waals surface area (Å²) in [7, 11) is 1.97. The third-order valence-electron chi connectivity index (χ3n) is 4.53. The predicted octanol–water partition coefficient (Wildman–Crippen LogP) is 2.97. The van der Waals surface area contributed by atoms with Crippen LogP contribution in [-0.2, 0) is 13.5 Å². The molecule has 0 radical (unpaired) electrons. The zero-order chi connectivity index (χ0) is 16.0. The lowest BCUT2D eigenvalue weighted by atomic mass is 9.97. The molecule has 0 fully saturated rings. The van der Waals surface area contributed by atoms with E-state index in [-0.39, 0.29) is 0 Å². The molecule has 0 saturated heterocycles. The number of rotatable bonds is 3. The van der Waals surface area contributed by atoms with Crippen molar-refractivity contribution in [3.05, 3.63) is 29.5 Å². The Bertz CT molecular complexity index is 820. The average Bonchev–Trinajstić information content (AvgIpc) is 2.87. The van der Waals surface area contributed by atoms with E-state index < -0.39 is 0 Å². The van der Waals surface area contributed by atoms with Gasteiger partial charge in [0.1, 0.15) is 5.82 Å². The Morgan fingerprint density at radius 3 is 3.00 bits per heavy atom. The number of aryl methyl sites for hydroxylation is 1. The van der Waals surface area contributed by atoms with Crippen molar-refractivity contribution in [3.63, 3.8) is 0 Å². The van der Waals surface area contributed by atoms with E-state index in [4.69, 9.17) is 4.98 Å². The van der Waals surface area contributed by atoms with Crippen LogP contribution in [0.2, 0.25) is 0 Å². The standard InChI is InChI=1S/C17H21N5S/c1-11-5-4-6-12(9-11)10-22-8-7-13-14-15(21(2)20-13)18-17(23-3)19-16(14)22/h4,6,9,11H,5,7-8,10H2,1-3H3. The van der Waals surface area contributed by atoms with Crippen LogP contribution in [0.3, 0.4) is 0 Å². The van der Waals surface area contributed by atoms with Gasteiger partial charge in [0.25, 0.3) is 0 Å². The molecule has 1 aliphatic carbocycles. The summed E-state index contributed by atoms with van der Waals surface area (Å²) in [6, 6.07) is 0. The first-order valence-electron chi connectivity index (χ1n) is 8.05. The zero-order valence-electron chi connectivity index (χ0n) is 13.8. The molecule has 5 nitrogen and oxygen atoms in total. The number of aromatic nitrogens is 4. The number of hydrogen-bond donors (Lipinski definition) is 0. The SMILES string of the molecule is CSc1nc2c3c(nn(C)c3n1)CCN2CC1=CC(C)CC=C1. The van der Waals surface area contributed by atoms with Crippen LogP contribution in [-0.4, -0.2) is 39.1 Å². The molecule has 1 atom stereocenters. The first-order chi connectivity index (χ1) is 11.2. The Hall–Kier alpha value is -1.82. The van der Waals surface area contributed by atoms with E-state index in [2.05, 4.69) is 40.1 Å². The molecule has 4 rings (SSSR count).